The lowest BCUT2D eigenvalue weighted by Crippen LogP contribution is -2.40. The van der Waals surface area contributed by atoms with Crippen LogP contribution in [0, 0.1) is 5.92 Å². The molecule has 0 aromatic heterocycles. The first-order valence-corrected chi connectivity index (χ1v) is 6.86. The third-order valence-corrected chi connectivity index (χ3v) is 4.01. The van der Waals surface area contributed by atoms with Gasteiger partial charge in [-0.25, -0.2) is 0 Å². The normalized spacial score (nSPS) is 27.6. The Morgan fingerprint density at radius 2 is 2.19 bits per heavy atom. The molecule has 2 atom stereocenters. The van der Waals surface area contributed by atoms with Gasteiger partial charge in [0.05, 0.1) is 6.61 Å². The number of hydrogen-bond acceptors (Lipinski definition) is 3. The summed E-state index contributed by atoms with van der Waals surface area (Å²) in [5.74, 6) is 0.732. The van der Waals surface area contributed by atoms with Crippen molar-refractivity contribution in [2.24, 2.45) is 5.92 Å². The predicted molar refractivity (Wildman–Crippen MR) is 66.7 cm³/mol. The summed E-state index contributed by atoms with van der Waals surface area (Å²) in [7, 11) is 0. The fraction of sp³-hybridized carbons (Fsp3) is 1.00. The third-order valence-electron chi connectivity index (χ3n) is 4.01. The highest BCUT2D eigenvalue weighted by Crippen LogP contribution is 2.25. The Morgan fingerprint density at radius 1 is 1.38 bits per heavy atom. The minimum Gasteiger partial charge on any atom is -0.381 e. The van der Waals surface area contributed by atoms with Crippen LogP contribution in [0.15, 0.2) is 0 Å². The summed E-state index contributed by atoms with van der Waals surface area (Å²) in [6, 6.07) is 1.51. The molecule has 0 radical (unpaired) electrons. The molecule has 1 saturated carbocycles. The van der Waals surface area contributed by atoms with Gasteiger partial charge < -0.3 is 10.1 Å². The molecule has 0 aromatic rings. The molecule has 0 bridgehead atoms. The fourth-order valence-electron chi connectivity index (χ4n) is 2.59. The summed E-state index contributed by atoms with van der Waals surface area (Å²) in [5, 5.41) is 3.65. The molecule has 2 unspecified atom stereocenters. The molecular formula is C13H26N2O. The summed E-state index contributed by atoms with van der Waals surface area (Å²) in [5.41, 5.74) is 0. The number of nitrogens with zero attached hydrogens (tertiary/aromatic N) is 1. The van der Waals surface area contributed by atoms with Gasteiger partial charge >= 0.3 is 0 Å². The second-order valence-corrected chi connectivity index (χ2v) is 5.23. The van der Waals surface area contributed by atoms with Crippen molar-refractivity contribution in [2.75, 3.05) is 32.8 Å². The Kier molecular flexibility index (Phi) is 4.62. The van der Waals surface area contributed by atoms with E-state index in [2.05, 4.69) is 24.1 Å². The lowest BCUT2D eigenvalue weighted by Gasteiger charge is -2.23. The Bertz CT molecular complexity index is 200. The lowest BCUT2D eigenvalue weighted by atomic mass is 10.0. The minimum absolute atomic E-state index is 0.611. The van der Waals surface area contributed by atoms with Crippen LogP contribution < -0.4 is 5.32 Å². The molecule has 16 heavy (non-hydrogen) atoms. The largest absolute Gasteiger partial charge is 0.381 e. The smallest absolute Gasteiger partial charge is 0.0509 e. The summed E-state index contributed by atoms with van der Waals surface area (Å²) in [6.07, 6.45) is 4.06. The van der Waals surface area contributed by atoms with Gasteiger partial charge in [0, 0.05) is 31.8 Å². The zero-order valence-electron chi connectivity index (χ0n) is 10.7. The Labute approximate surface area is 99.5 Å². The van der Waals surface area contributed by atoms with E-state index >= 15 is 0 Å². The molecule has 94 valence electrons. The van der Waals surface area contributed by atoms with Crippen molar-refractivity contribution >= 4 is 0 Å². The van der Waals surface area contributed by atoms with Crippen molar-refractivity contribution in [3.63, 3.8) is 0 Å². The van der Waals surface area contributed by atoms with Crippen LogP contribution in [0.1, 0.15) is 33.1 Å². The van der Waals surface area contributed by atoms with Gasteiger partial charge in [-0.05, 0) is 38.6 Å². The van der Waals surface area contributed by atoms with Gasteiger partial charge in [0.2, 0.25) is 0 Å². The van der Waals surface area contributed by atoms with Crippen LogP contribution >= 0.6 is 0 Å². The number of nitrogens with one attached hydrogen (secondary N) is 1. The molecular weight excluding hydrogens is 200 g/mol. The average molecular weight is 226 g/mol. The van der Waals surface area contributed by atoms with Gasteiger partial charge in [0.1, 0.15) is 0 Å². The van der Waals surface area contributed by atoms with E-state index in [0.717, 1.165) is 31.7 Å². The van der Waals surface area contributed by atoms with E-state index in [0.29, 0.717) is 6.04 Å². The maximum absolute atomic E-state index is 5.42. The standard InChI is InChI=1S/C13H26N2O/c1-3-15(13-4-5-13)8-7-14-11(2)12-6-9-16-10-12/h11-14H,3-10H2,1-2H3. The molecule has 2 aliphatic rings. The monoisotopic (exact) mass is 226 g/mol. The maximum atomic E-state index is 5.42. The van der Waals surface area contributed by atoms with Crippen LogP contribution in [0.5, 0.6) is 0 Å². The molecule has 1 aliphatic heterocycles. The zero-order chi connectivity index (χ0) is 11.4. The summed E-state index contributed by atoms with van der Waals surface area (Å²) in [4.78, 5) is 2.60. The highest BCUT2D eigenvalue weighted by Gasteiger charge is 2.27. The fourth-order valence-corrected chi connectivity index (χ4v) is 2.59. The first-order chi connectivity index (χ1) is 7.81. The van der Waals surface area contributed by atoms with E-state index < -0.39 is 0 Å². The van der Waals surface area contributed by atoms with Crippen LogP contribution in [-0.2, 0) is 4.74 Å². The van der Waals surface area contributed by atoms with Gasteiger partial charge in [-0.2, -0.15) is 0 Å². The van der Waals surface area contributed by atoms with Crippen molar-refractivity contribution in [1.82, 2.24) is 10.2 Å². The summed E-state index contributed by atoms with van der Waals surface area (Å²) in [6.45, 7) is 10.0. The van der Waals surface area contributed by atoms with Crippen molar-refractivity contribution in [3.8, 4) is 0 Å². The van der Waals surface area contributed by atoms with Crippen LogP contribution in [-0.4, -0.2) is 49.8 Å². The van der Waals surface area contributed by atoms with Gasteiger partial charge in [0.25, 0.3) is 0 Å². The maximum Gasteiger partial charge on any atom is 0.0509 e. The number of likely N-dealkylation sites (N-methyl/N-ethyl adjacent to an activating group) is 1. The second kappa shape index (κ2) is 5.99. The Hall–Kier alpha value is -0.120. The van der Waals surface area contributed by atoms with Gasteiger partial charge in [-0.3, -0.25) is 4.90 Å². The molecule has 2 rings (SSSR count). The molecule has 3 nitrogen and oxygen atoms in total. The van der Waals surface area contributed by atoms with E-state index in [4.69, 9.17) is 4.74 Å². The average Bonchev–Trinajstić information content (AvgIpc) is 2.97. The third kappa shape index (κ3) is 3.44. The van der Waals surface area contributed by atoms with E-state index in [-0.39, 0.29) is 0 Å². The topological polar surface area (TPSA) is 24.5 Å². The molecule has 2 fully saturated rings. The number of ether oxygens (including phenoxy) is 1. The molecule has 1 aliphatic carbocycles. The first kappa shape index (κ1) is 12.3. The van der Waals surface area contributed by atoms with Crippen LogP contribution in [0.4, 0.5) is 0 Å². The zero-order valence-corrected chi connectivity index (χ0v) is 10.7. The molecule has 0 aromatic carbocycles. The van der Waals surface area contributed by atoms with E-state index in [1.165, 1.54) is 32.4 Å². The number of rotatable bonds is 7. The quantitative estimate of drug-likeness (QED) is 0.712. The molecule has 0 spiro atoms. The number of hydrogen-bond donors (Lipinski definition) is 1. The summed E-state index contributed by atoms with van der Waals surface area (Å²) < 4.78 is 5.42. The van der Waals surface area contributed by atoms with E-state index in [1.54, 1.807) is 0 Å². The van der Waals surface area contributed by atoms with Crippen molar-refractivity contribution in [3.05, 3.63) is 0 Å². The summed E-state index contributed by atoms with van der Waals surface area (Å²) >= 11 is 0. The van der Waals surface area contributed by atoms with Gasteiger partial charge in [0.15, 0.2) is 0 Å². The van der Waals surface area contributed by atoms with Crippen LogP contribution in [0.2, 0.25) is 0 Å². The predicted octanol–water partition coefficient (Wildman–Crippen LogP) is 1.49. The van der Waals surface area contributed by atoms with Crippen LogP contribution in [0.3, 0.4) is 0 Å². The first-order valence-electron chi connectivity index (χ1n) is 6.86. The van der Waals surface area contributed by atoms with E-state index in [9.17, 15) is 0 Å². The van der Waals surface area contributed by atoms with Crippen LogP contribution in [0.25, 0.3) is 0 Å². The molecule has 1 heterocycles. The molecule has 1 saturated heterocycles. The Balaban J connectivity index is 1.58. The van der Waals surface area contributed by atoms with Gasteiger partial charge in [-0.1, -0.05) is 6.92 Å². The molecule has 1 N–H and O–H groups in total. The highest BCUT2D eigenvalue weighted by atomic mass is 16.5. The highest BCUT2D eigenvalue weighted by molar-refractivity contribution is 4.84. The SMILES string of the molecule is CCN(CCNC(C)C1CCOC1)C1CC1. The minimum atomic E-state index is 0.611. The van der Waals surface area contributed by atoms with Crippen molar-refractivity contribution in [1.29, 1.82) is 0 Å². The van der Waals surface area contributed by atoms with Crippen molar-refractivity contribution < 1.29 is 4.74 Å². The molecule has 0 amide bonds. The second-order valence-electron chi connectivity index (χ2n) is 5.23. The molecule has 3 heteroatoms. The van der Waals surface area contributed by atoms with Crippen molar-refractivity contribution in [2.45, 2.75) is 45.2 Å². The Morgan fingerprint density at radius 3 is 2.75 bits per heavy atom. The van der Waals surface area contributed by atoms with E-state index in [1.807, 2.05) is 0 Å². The van der Waals surface area contributed by atoms with Gasteiger partial charge in [-0.15, -0.1) is 0 Å². The lowest BCUT2D eigenvalue weighted by molar-refractivity contribution is 0.177.